The summed E-state index contributed by atoms with van der Waals surface area (Å²) in [7, 11) is -5.39. The van der Waals surface area contributed by atoms with Gasteiger partial charge >= 0.3 is 27.0 Å². The minimum absolute atomic E-state index is 0. The number of hydrogen-bond donors (Lipinski definition) is 1. The molecule has 0 radical (unpaired) electrons. The number of rotatable bonds is 7. The van der Waals surface area contributed by atoms with Crippen molar-refractivity contribution >= 4 is 30.4 Å². The fraction of sp³-hybridized carbons (Fsp3) is 0.286. The van der Waals surface area contributed by atoms with Crippen molar-refractivity contribution in [2.24, 2.45) is 0 Å². The van der Waals surface area contributed by atoms with Crippen LogP contribution in [0.15, 0.2) is 65.1 Å². The summed E-state index contributed by atoms with van der Waals surface area (Å²) in [5.41, 5.74) is 4.62. The van der Waals surface area contributed by atoms with Crippen molar-refractivity contribution in [1.82, 2.24) is 4.58 Å². The molecule has 39 heavy (non-hydrogen) atoms. The van der Waals surface area contributed by atoms with Crippen LogP contribution in [0.5, 0.6) is 0 Å². The van der Waals surface area contributed by atoms with Gasteiger partial charge in [-0.1, -0.05) is 18.2 Å². The van der Waals surface area contributed by atoms with Crippen molar-refractivity contribution in [1.29, 1.82) is 0 Å². The first kappa shape index (κ1) is 32.4. The summed E-state index contributed by atoms with van der Waals surface area (Å²) >= 11 is 0. The van der Waals surface area contributed by atoms with Crippen LogP contribution in [0.1, 0.15) is 38.1 Å². The fourth-order valence-electron chi connectivity index (χ4n) is 4.62. The topological polar surface area (TPSA) is 143 Å². The normalized spacial score (nSPS) is 10.9. The molecule has 0 aromatic heterocycles. The number of fused-ring (bicyclic) bond motifs is 2. The molecule has 1 heterocycles. The van der Waals surface area contributed by atoms with Gasteiger partial charge in [0.2, 0.25) is 5.36 Å². The van der Waals surface area contributed by atoms with Gasteiger partial charge in [0.25, 0.3) is 0 Å². The molecular weight excluding hydrogens is 691 g/mol. The third-order valence-electron chi connectivity index (χ3n) is 6.37. The SMILES string of the molecule is CCN(CC)c1ccc2c(-c3ccccc3C(=O)O)c3ccc(=[N+](CC)CC)cc-3oc2c1.O=P([O-])([O-])[O-].[W+2]. The third kappa shape index (κ3) is 7.87. The summed E-state index contributed by atoms with van der Waals surface area (Å²) in [4.78, 5) is 40.0. The Bertz CT molecular complexity index is 1510. The van der Waals surface area contributed by atoms with Gasteiger partial charge in [0.15, 0.2) is 0 Å². The Labute approximate surface area is 241 Å². The number of anilines is 1. The smallest absolute Gasteiger partial charge is 0.822 e. The van der Waals surface area contributed by atoms with Crippen LogP contribution in [0.3, 0.4) is 0 Å². The van der Waals surface area contributed by atoms with Gasteiger partial charge in [-0.05, 0) is 57.5 Å². The van der Waals surface area contributed by atoms with E-state index in [1.54, 1.807) is 12.1 Å². The molecule has 0 saturated heterocycles. The number of carboxylic acids is 1. The molecule has 1 N–H and O–H groups in total. The summed E-state index contributed by atoms with van der Waals surface area (Å²) in [6, 6.07) is 19.6. The minimum Gasteiger partial charge on any atom is -0.822 e. The van der Waals surface area contributed by atoms with E-state index in [9.17, 15) is 9.90 Å². The Morgan fingerprint density at radius 1 is 0.923 bits per heavy atom. The molecule has 2 aromatic rings. The Kier molecular flexibility index (Phi) is 11.6. The van der Waals surface area contributed by atoms with Crippen molar-refractivity contribution in [2.45, 2.75) is 27.7 Å². The predicted molar refractivity (Wildman–Crippen MR) is 143 cm³/mol. The van der Waals surface area contributed by atoms with Crippen molar-refractivity contribution in [2.75, 3.05) is 31.1 Å². The number of nitrogens with zero attached hydrogens (tertiary/aromatic N) is 2. The van der Waals surface area contributed by atoms with Crippen LogP contribution in [0.4, 0.5) is 5.69 Å². The standard InChI is InChI=1S/C28H30N2O3.H3O4P.W/c1-5-29(6-2)19-13-15-23-25(17-19)33-26-18-20(30(7-3)8-4)14-16-24(26)27(23)21-11-9-10-12-22(21)28(31)32;1-5(2,3)4;/h9-18H,5-8H2,1-4H3;(H3,1,2,3,4);/q;;+2/p-2. The second-order valence-electron chi connectivity index (χ2n) is 8.48. The van der Waals surface area contributed by atoms with Gasteiger partial charge < -0.3 is 33.7 Å². The zero-order chi connectivity index (χ0) is 28.0. The van der Waals surface area contributed by atoms with Gasteiger partial charge in [-0.25, -0.2) is 9.37 Å². The first-order chi connectivity index (χ1) is 18.0. The minimum atomic E-state index is -5.39. The number of benzene rings is 3. The molecule has 0 saturated carbocycles. The Hall–Kier alpha value is -2.80. The van der Waals surface area contributed by atoms with E-state index in [0.717, 1.165) is 65.1 Å². The van der Waals surface area contributed by atoms with Crippen LogP contribution in [0.2, 0.25) is 0 Å². The van der Waals surface area contributed by atoms with E-state index in [1.165, 1.54) is 0 Å². The van der Waals surface area contributed by atoms with Crippen molar-refractivity contribution in [3.63, 3.8) is 0 Å². The molecule has 0 fully saturated rings. The Morgan fingerprint density at radius 2 is 1.54 bits per heavy atom. The van der Waals surface area contributed by atoms with Gasteiger partial charge in [0.1, 0.15) is 24.4 Å². The summed E-state index contributed by atoms with van der Waals surface area (Å²) in [5, 5.41) is 11.9. The molecule has 0 unspecified atom stereocenters. The number of aromatic carboxylic acids is 1. The van der Waals surface area contributed by atoms with Crippen LogP contribution >= 0.6 is 7.82 Å². The van der Waals surface area contributed by atoms with Gasteiger partial charge in [-0.15, -0.1) is 0 Å². The number of hydrogen-bond acceptors (Lipinski definition) is 7. The molecule has 206 valence electrons. The van der Waals surface area contributed by atoms with Crippen molar-refractivity contribution in [3.05, 3.63) is 71.6 Å². The number of carbonyl (C=O) groups is 1. The molecule has 0 bridgehead atoms. The van der Waals surface area contributed by atoms with Gasteiger partial charge in [0, 0.05) is 47.4 Å². The van der Waals surface area contributed by atoms with Gasteiger partial charge in [-0.2, -0.15) is 7.82 Å². The fourth-order valence-corrected chi connectivity index (χ4v) is 4.62. The zero-order valence-corrected chi connectivity index (χ0v) is 26.1. The van der Waals surface area contributed by atoms with Crippen molar-refractivity contribution in [3.8, 4) is 22.5 Å². The van der Waals surface area contributed by atoms with E-state index < -0.39 is 13.8 Å². The third-order valence-corrected chi connectivity index (χ3v) is 6.37. The number of phosphoric acid groups is 1. The molecule has 0 spiro atoms. The summed E-state index contributed by atoms with van der Waals surface area (Å²) in [6.45, 7) is 12.1. The first-order valence-corrected chi connectivity index (χ1v) is 13.9. The molecule has 0 amide bonds. The van der Waals surface area contributed by atoms with Crippen LogP contribution in [0.25, 0.3) is 33.4 Å². The van der Waals surface area contributed by atoms with Crippen LogP contribution in [-0.4, -0.2) is 37.3 Å². The van der Waals surface area contributed by atoms with E-state index in [1.807, 2.05) is 12.1 Å². The van der Waals surface area contributed by atoms with Gasteiger partial charge in [0.05, 0.1) is 11.6 Å². The zero-order valence-electron chi connectivity index (χ0n) is 22.2. The number of carboxylic acid groups (broad SMARTS) is 1. The maximum atomic E-state index is 12.1. The molecule has 9 nitrogen and oxygen atoms in total. The van der Waals surface area contributed by atoms with Crippen LogP contribution < -0.4 is 29.5 Å². The van der Waals surface area contributed by atoms with Crippen LogP contribution in [-0.2, 0) is 25.6 Å². The average molecular weight is 722 g/mol. The molecular formula is C28H31N2O7PW. The Balaban J connectivity index is 0.000000816. The summed E-state index contributed by atoms with van der Waals surface area (Å²) in [5.74, 6) is -0.189. The van der Waals surface area contributed by atoms with E-state index in [-0.39, 0.29) is 26.6 Å². The van der Waals surface area contributed by atoms with Gasteiger partial charge in [-0.3, -0.25) is 0 Å². The monoisotopic (exact) mass is 722 g/mol. The van der Waals surface area contributed by atoms with Crippen LogP contribution in [0, 0.1) is 0 Å². The van der Waals surface area contributed by atoms with E-state index in [4.69, 9.17) is 23.7 Å². The molecule has 2 aliphatic rings. The summed E-state index contributed by atoms with van der Waals surface area (Å²) in [6.07, 6.45) is 0. The molecule has 1 aliphatic carbocycles. The van der Waals surface area contributed by atoms with Crippen molar-refractivity contribution < 1.29 is 54.6 Å². The largest absolute Gasteiger partial charge is 2.00 e. The Morgan fingerprint density at radius 3 is 2.10 bits per heavy atom. The van der Waals surface area contributed by atoms with E-state index in [2.05, 4.69) is 73.6 Å². The maximum absolute atomic E-state index is 12.1. The second kappa shape index (κ2) is 14.0. The second-order valence-corrected chi connectivity index (χ2v) is 9.37. The first-order valence-electron chi connectivity index (χ1n) is 12.4. The molecule has 0 atom stereocenters. The summed E-state index contributed by atoms with van der Waals surface area (Å²) < 4.78 is 17.3. The molecule has 11 heteroatoms. The molecule has 2 aromatic carbocycles. The predicted octanol–water partition coefficient (Wildman–Crippen LogP) is 2.73. The molecule has 1 aliphatic heterocycles. The van der Waals surface area contributed by atoms with E-state index >= 15 is 0 Å². The average Bonchev–Trinajstić information content (AvgIpc) is 2.87. The quantitative estimate of drug-likeness (QED) is 0.175. The van der Waals surface area contributed by atoms with E-state index in [0.29, 0.717) is 5.56 Å². The molecule has 4 rings (SSSR count). The maximum Gasteiger partial charge on any atom is 2.00 e.